The fraction of sp³-hybridized carbons (Fsp3) is 0.250. The Hall–Kier alpha value is -1.30. The summed E-state index contributed by atoms with van der Waals surface area (Å²) in [6, 6.07) is 7.97. The van der Waals surface area contributed by atoms with E-state index in [1.807, 2.05) is 26.0 Å². The zero-order valence-electron chi connectivity index (χ0n) is 11.9. The Morgan fingerprint density at radius 1 is 1.14 bits per heavy atom. The maximum Gasteiger partial charge on any atom is 0.145 e. The summed E-state index contributed by atoms with van der Waals surface area (Å²) in [5, 5.41) is 0. The van der Waals surface area contributed by atoms with Crippen LogP contribution in [0.15, 0.2) is 34.8 Å². The monoisotopic (exact) mass is 354 g/mol. The van der Waals surface area contributed by atoms with Crippen molar-refractivity contribution in [2.45, 2.75) is 26.3 Å². The van der Waals surface area contributed by atoms with Crippen LogP contribution in [0.2, 0.25) is 0 Å². The Labute approximate surface area is 131 Å². The molecule has 3 N–H and O–H groups in total. The smallest absolute Gasteiger partial charge is 0.145 e. The van der Waals surface area contributed by atoms with Crippen molar-refractivity contribution in [1.82, 2.24) is 5.43 Å². The molecular weight excluding hydrogens is 338 g/mol. The Bertz CT molecular complexity index is 639. The molecule has 112 valence electrons. The zero-order valence-corrected chi connectivity index (χ0v) is 13.5. The minimum atomic E-state index is -0.635. The summed E-state index contributed by atoms with van der Waals surface area (Å²) in [4.78, 5) is 0. The fourth-order valence-electron chi connectivity index (χ4n) is 2.53. The number of halogens is 3. The summed E-state index contributed by atoms with van der Waals surface area (Å²) < 4.78 is 28.4. The summed E-state index contributed by atoms with van der Waals surface area (Å²) in [6.07, 6.45) is 0.406. The maximum absolute atomic E-state index is 14.2. The molecule has 0 aliphatic rings. The van der Waals surface area contributed by atoms with E-state index in [9.17, 15) is 8.78 Å². The molecule has 2 rings (SSSR count). The fourth-order valence-corrected chi connectivity index (χ4v) is 2.87. The van der Waals surface area contributed by atoms with Gasteiger partial charge >= 0.3 is 0 Å². The highest BCUT2D eigenvalue weighted by Gasteiger charge is 2.21. The first-order chi connectivity index (χ1) is 9.92. The van der Waals surface area contributed by atoms with Crippen molar-refractivity contribution < 1.29 is 8.78 Å². The van der Waals surface area contributed by atoms with E-state index in [4.69, 9.17) is 5.84 Å². The molecule has 0 aliphatic carbocycles. The highest BCUT2D eigenvalue weighted by atomic mass is 79.9. The van der Waals surface area contributed by atoms with Crippen LogP contribution in [0, 0.1) is 25.5 Å². The molecule has 2 aromatic rings. The van der Waals surface area contributed by atoms with Gasteiger partial charge in [0.05, 0.1) is 10.5 Å². The summed E-state index contributed by atoms with van der Waals surface area (Å²) in [6.45, 7) is 3.98. The van der Waals surface area contributed by atoms with Gasteiger partial charge in [-0.15, -0.1) is 0 Å². The first-order valence-corrected chi connectivity index (χ1v) is 7.38. The predicted octanol–water partition coefficient (Wildman–Crippen LogP) is 4.09. The molecule has 0 saturated carbocycles. The summed E-state index contributed by atoms with van der Waals surface area (Å²) in [5.74, 6) is 4.29. The number of nitrogens with one attached hydrogen (secondary N) is 1. The van der Waals surface area contributed by atoms with E-state index in [-0.39, 0.29) is 10.0 Å². The number of benzene rings is 2. The summed E-state index contributed by atoms with van der Waals surface area (Å²) >= 11 is 3.08. The minimum Gasteiger partial charge on any atom is -0.271 e. The van der Waals surface area contributed by atoms with Gasteiger partial charge in [0.2, 0.25) is 0 Å². The van der Waals surface area contributed by atoms with E-state index in [1.165, 1.54) is 12.1 Å². The van der Waals surface area contributed by atoms with Gasteiger partial charge in [-0.1, -0.05) is 29.3 Å². The Morgan fingerprint density at radius 3 is 2.33 bits per heavy atom. The van der Waals surface area contributed by atoms with Crippen molar-refractivity contribution >= 4 is 15.9 Å². The van der Waals surface area contributed by atoms with E-state index in [2.05, 4.69) is 27.4 Å². The highest BCUT2D eigenvalue weighted by Crippen LogP contribution is 2.28. The number of hydrogen-bond donors (Lipinski definition) is 2. The summed E-state index contributed by atoms with van der Waals surface area (Å²) in [5.41, 5.74) is 5.66. The maximum atomic E-state index is 14.2. The molecule has 21 heavy (non-hydrogen) atoms. The van der Waals surface area contributed by atoms with Crippen molar-refractivity contribution in [3.8, 4) is 0 Å². The molecule has 0 heterocycles. The topological polar surface area (TPSA) is 38.0 Å². The Kier molecular flexibility index (Phi) is 5.08. The molecule has 0 aliphatic heterocycles. The SMILES string of the molecule is Cc1cc(C)cc(CC(NN)c2c(F)ccc(Br)c2F)c1. The number of hydrazine groups is 1. The van der Waals surface area contributed by atoms with Crippen LogP contribution in [-0.2, 0) is 6.42 Å². The Balaban J connectivity index is 2.39. The second-order valence-corrected chi connectivity index (χ2v) is 6.03. The van der Waals surface area contributed by atoms with Gasteiger partial charge in [0.1, 0.15) is 11.6 Å². The molecule has 0 fully saturated rings. The molecule has 0 bridgehead atoms. The number of aryl methyl sites for hydroxylation is 2. The van der Waals surface area contributed by atoms with E-state index in [0.717, 1.165) is 16.7 Å². The molecule has 0 radical (unpaired) electrons. The van der Waals surface area contributed by atoms with Gasteiger partial charge in [-0.25, -0.2) is 8.78 Å². The lowest BCUT2D eigenvalue weighted by atomic mass is 9.96. The summed E-state index contributed by atoms with van der Waals surface area (Å²) in [7, 11) is 0. The van der Waals surface area contributed by atoms with E-state index < -0.39 is 17.7 Å². The van der Waals surface area contributed by atoms with Gasteiger partial charge < -0.3 is 0 Å². The van der Waals surface area contributed by atoms with Crippen molar-refractivity contribution in [2.24, 2.45) is 5.84 Å². The lowest BCUT2D eigenvalue weighted by molar-refractivity contribution is 0.470. The number of rotatable bonds is 4. The first-order valence-electron chi connectivity index (χ1n) is 6.59. The molecule has 0 amide bonds. The molecule has 0 spiro atoms. The van der Waals surface area contributed by atoms with Gasteiger partial charge in [0.25, 0.3) is 0 Å². The Morgan fingerprint density at radius 2 is 1.76 bits per heavy atom. The lowest BCUT2D eigenvalue weighted by Gasteiger charge is -2.19. The molecule has 1 unspecified atom stereocenters. The van der Waals surface area contributed by atoms with Gasteiger partial charge in [-0.2, -0.15) is 0 Å². The molecule has 2 nitrogen and oxygen atoms in total. The van der Waals surface area contributed by atoms with Gasteiger partial charge in [0.15, 0.2) is 0 Å². The number of hydrogen-bond acceptors (Lipinski definition) is 2. The van der Waals surface area contributed by atoms with Crippen LogP contribution in [0.4, 0.5) is 8.78 Å². The van der Waals surface area contributed by atoms with Crippen molar-refractivity contribution in [3.63, 3.8) is 0 Å². The van der Waals surface area contributed by atoms with Crippen LogP contribution in [0.25, 0.3) is 0 Å². The third-order valence-electron chi connectivity index (χ3n) is 3.35. The lowest BCUT2D eigenvalue weighted by Crippen LogP contribution is -2.31. The predicted molar refractivity (Wildman–Crippen MR) is 83.7 cm³/mol. The van der Waals surface area contributed by atoms with Gasteiger partial charge in [-0.05, 0) is 53.9 Å². The van der Waals surface area contributed by atoms with Gasteiger partial charge in [0, 0.05) is 5.56 Å². The van der Waals surface area contributed by atoms with Crippen molar-refractivity contribution in [2.75, 3.05) is 0 Å². The third kappa shape index (κ3) is 3.67. The van der Waals surface area contributed by atoms with Crippen molar-refractivity contribution in [1.29, 1.82) is 0 Å². The van der Waals surface area contributed by atoms with Crippen LogP contribution in [0.5, 0.6) is 0 Å². The average Bonchev–Trinajstić information content (AvgIpc) is 2.41. The van der Waals surface area contributed by atoms with Crippen LogP contribution < -0.4 is 11.3 Å². The largest absolute Gasteiger partial charge is 0.271 e. The molecule has 2 aromatic carbocycles. The van der Waals surface area contributed by atoms with Crippen LogP contribution in [-0.4, -0.2) is 0 Å². The molecule has 0 saturated heterocycles. The van der Waals surface area contributed by atoms with E-state index in [0.29, 0.717) is 6.42 Å². The minimum absolute atomic E-state index is 0.0500. The first kappa shape index (κ1) is 16.1. The molecule has 0 aromatic heterocycles. The third-order valence-corrected chi connectivity index (χ3v) is 3.96. The second-order valence-electron chi connectivity index (χ2n) is 5.18. The molecule has 5 heteroatoms. The normalized spacial score (nSPS) is 12.5. The number of nitrogens with two attached hydrogens (primary N) is 1. The molecular formula is C16H17BrF2N2. The van der Waals surface area contributed by atoms with E-state index >= 15 is 0 Å². The van der Waals surface area contributed by atoms with Crippen LogP contribution in [0.3, 0.4) is 0 Å². The van der Waals surface area contributed by atoms with Crippen LogP contribution >= 0.6 is 15.9 Å². The zero-order chi connectivity index (χ0) is 15.6. The standard InChI is InChI=1S/C16H17BrF2N2/c1-9-5-10(2)7-11(6-9)8-14(21-20)15-13(18)4-3-12(17)16(15)19/h3-7,14,21H,8,20H2,1-2H3. The molecule has 1 atom stereocenters. The van der Waals surface area contributed by atoms with Crippen LogP contribution in [0.1, 0.15) is 28.3 Å². The highest BCUT2D eigenvalue weighted by molar-refractivity contribution is 9.10. The quantitative estimate of drug-likeness (QED) is 0.493. The average molecular weight is 355 g/mol. The van der Waals surface area contributed by atoms with Gasteiger partial charge in [-0.3, -0.25) is 11.3 Å². The van der Waals surface area contributed by atoms with Crippen molar-refractivity contribution in [3.05, 3.63) is 68.7 Å². The van der Waals surface area contributed by atoms with E-state index in [1.54, 1.807) is 0 Å². The second kappa shape index (κ2) is 6.64.